The summed E-state index contributed by atoms with van der Waals surface area (Å²) in [6.07, 6.45) is -12.4. The van der Waals surface area contributed by atoms with Crippen LogP contribution in [0.15, 0.2) is 48.5 Å². The van der Waals surface area contributed by atoms with Gasteiger partial charge in [0.05, 0.1) is 0 Å². The van der Waals surface area contributed by atoms with E-state index < -0.39 is 47.4 Å². The van der Waals surface area contributed by atoms with Crippen LogP contribution in [0.2, 0.25) is 0 Å². The summed E-state index contributed by atoms with van der Waals surface area (Å²) < 4.78 is 127. The van der Waals surface area contributed by atoms with Gasteiger partial charge in [0.15, 0.2) is 0 Å². The first-order valence-electron chi connectivity index (χ1n) is 8.20. The number of carbonyl (C=O) groups excluding carboxylic acids is 2. The maximum absolute atomic E-state index is 13.3. The van der Waals surface area contributed by atoms with E-state index in [9.17, 15) is 53.5 Å². The molecule has 0 spiro atoms. The summed E-state index contributed by atoms with van der Waals surface area (Å²) in [6, 6.07) is 8.47. The number of benzene rings is 2. The number of hydrogen-bond acceptors (Lipinski definition) is 2. The Kier molecular flexibility index (Phi) is 6.48. The highest BCUT2D eigenvalue weighted by molar-refractivity contribution is 6.04. The molecule has 2 rings (SSSR count). The third-order valence-electron chi connectivity index (χ3n) is 3.92. The summed E-state index contributed by atoms with van der Waals surface area (Å²) >= 11 is 0. The Morgan fingerprint density at radius 2 is 0.812 bits per heavy atom. The van der Waals surface area contributed by atoms with E-state index in [2.05, 4.69) is 0 Å². The van der Waals surface area contributed by atoms with E-state index in [4.69, 9.17) is 0 Å². The molecular formula is C18H10F10N2O2. The minimum absolute atomic E-state index is 0.356. The molecule has 0 aliphatic carbocycles. The average molecular weight is 476 g/mol. The highest BCUT2D eigenvalue weighted by atomic mass is 19.4. The molecular weight excluding hydrogens is 466 g/mol. The van der Waals surface area contributed by atoms with Crippen LogP contribution >= 0.6 is 0 Å². The summed E-state index contributed by atoms with van der Waals surface area (Å²) in [7, 11) is 0. The van der Waals surface area contributed by atoms with Crippen molar-refractivity contribution in [1.82, 2.24) is 0 Å². The van der Waals surface area contributed by atoms with Crippen molar-refractivity contribution >= 4 is 23.2 Å². The van der Waals surface area contributed by atoms with Gasteiger partial charge in [0.1, 0.15) is 0 Å². The molecule has 0 bridgehead atoms. The van der Waals surface area contributed by atoms with E-state index >= 15 is 0 Å². The van der Waals surface area contributed by atoms with Gasteiger partial charge in [-0.25, -0.2) is 0 Å². The van der Waals surface area contributed by atoms with Crippen molar-refractivity contribution in [2.45, 2.75) is 24.2 Å². The Balaban J connectivity index is 2.46. The van der Waals surface area contributed by atoms with Crippen LogP contribution in [0, 0.1) is 0 Å². The molecule has 174 valence electrons. The smallest absolute Gasteiger partial charge is 0.320 e. The molecule has 0 unspecified atom stereocenters. The molecule has 2 N–H and O–H groups in total. The largest absolute Gasteiger partial charge is 0.463 e. The Bertz CT molecular complexity index is 934. The number of carbonyl (C=O) groups is 2. The normalized spacial score (nSPS) is 12.9. The molecule has 0 saturated heterocycles. The van der Waals surface area contributed by atoms with Crippen molar-refractivity contribution in [2.75, 3.05) is 10.6 Å². The lowest BCUT2D eigenvalue weighted by atomic mass is 10.0. The Hall–Kier alpha value is -3.32. The van der Waals surface area contributed by atoms with Gasteiger partial charge in [-0.2, -0.15) is 43.9 Å². The number of nitrogens with one attached hydrogen (secondary N) is 2. The molecule has 0 fully saturated rings. The van der Waals surface area contributed by atoms with Crippen LogP contribution < -0.4 is 10.6 Å². The number of hydrogen-bond donors (Lipinski definition) is 2. The van der Waals surface area contributed by atoms with Crippen molar-refractivity contribution < 1.29 is 53.5 Å². The van der Waals surface area contributed by atoms with Gasteiger partial charge in [-0.3, -0.25) is 9.59 Å². The zero-order chi connectivity index (χ0) is 24.5. The monoisotopic (exact) mass is 476 g/mol. The van der Waals surface area contributed by atoms with E-state index in [1.807, 2.05) is 0 Å². The van der Waals surface area contributed by atoms with Crippen LogP contribution in [0.3, 0.4) is 0 Å². The van der Waals surface area contributed by atoms with E-state index in [1.54, 1.807) is 0 Å². The number of para-hydroxylation sites is 2. The standard InChI is InChI=1S/C18H10F10N2O2/c19-15(20,17(23,24)25)13(31)29-11-7-3-1-5-9(11)10-6-2-4-8-12(10)30-14(32)16(21,22)18(26,27)28/h1-8H,(H,29,31)(H,30,32). The molecule has 32 heavy (non-hydrogen) atoms. The van der Waals surface area contributed by atoms with Crippen LogP contribution in [0.4, 0.5) is 55.3 Å². The number of halogens is 10. The predicted octanol–water partition coefficient (Wildman–Crippen LogP) is 5.63. The van der Waals surface area contributed by atoms with E-state index in [0.29, 0.717) is 0 Å². The molecule has 0 atom stereocenters. The summed E-state index contributed by atoms with van der Waals surface area (Å²) in [6.45, 7) is 0. The summed E-state index contributed by atoms with van der Waals surface area (Å²) in [5.74, 6) is -17.1. The molecule has 2 aromatic carbocycles. The fourth-order valence-corrected chi connectivity index (χ4v) is 2.31. The third-order valence-corrected chi connectivity index (χ3v) is 3.92. The summed E-state index contributed by atoms with van der Waals surface area (Å²) in [5.41, 5.74) is -2.04. The minimum atomic E-state index is -6.22. The summed E-state index contributed by atoms with van der Waals surface area (Å²) in [5, 5.41) is 2.68. The second-order valence-electron chi connectivity index (χ2n) is 6.14. The Labute approximate surface area is 172 Å². The quantitative estimate of drug-likeness (QED) is 0.550. The molecule has 0 heterocycles. The Morgan fingerprint density at radius 3 is 1.09 bits per heavy atom. The fourth-order valence-electron chi connectivity index (χ4n) is 2.31. The molecule has 0 aromatic heterocycles. The van der Waals surface area contributed by atoms with Gasteiger partial charge < -0.3 is 10.6 Å². The molecule has 0 radical (unpaired) electrons. The average Bonchev–Trinajstić information content (AvgIpc) is 2.67. The van der Waals surface area contributed by atoms with Crippen LogP contribution in [0.1, 0.15) is 0 Å². The maximum atomic E-state index is 13.3. The van der Waals surface area contributed by atoms with Crippen LogP contribution in [-0.4, -0.2) is 36.0 Å². The van der Waals surface area contributed by atoms with Gasteiger partial charge in [-0.05, 0) is 12.1 Å². The molecule has 2 aromatic rings. The molecule has 0 aliphatic heterocycles. The van der Waals surface area contributed by atoms with E-state index in [-0.39, 0.29) is 11.1 Å². The molecule has 2 amide bonds. The van der Waals surface area contributed by atoms with E-state index in [0.717, 1.165) is 36.4 Å². The first-order chi connectivity index (χ1) is 14.5. The zero-order valence-electron chi connectivity index (χ0n) is 15.2. The predicted molar refractivity (Wildman–Crippen MR) is 91.1 cm³/mol. The van der Waals surface area contributed by atoms with Crippen LogP contribution in [0.25, 0.3) is 11.1 Å². The highest BCUT2D eigenvalue weighted by Gasteiger charge is 2.64. The third kappa shape index (κ3) is 4.78. The van der Waals surface area contributed by atoms with Gasteiger partial charge in [0.2, 0.25) is 0 Å². The fraction of sp³-hybridized carbons (Fsp3) is 0.222. The number of rotatable bonds is 5. The molecule has 0 saturated carbocycles. The van der Waals surface area contributed by atoms with E-state index in [1.165, 1.54) is 22.8 Å². The van der Waals surface area contributed by atoms with Crippen molar-refractivity contribution in [3.05, 3.63) is 48.5 Å². The zero-order valence-corrected chi connectivity index (χ0v) is 15.2. The molecule has 14 heteroatoms. The van der Waals surface area contributed by atoms with Crippen molar-refractivity contribution in [3.63, 3.8) is 0 Å². The minimum Gasteiger partial charge on any atom is -0.320 e. The summed E-state index contributed by atoms with van der Waals surface area (Å²) in [4.78, 5) is 23.0. The van der Waals surface area contributed by atoms with Gasteiger partial charge >= 0.3 is 36.0 Å². The SMILES string of the molecule is O=C(Nc1ccccc1-c1ccccc1NC(=O)C(F)(F)C(F)(F)F)C(F)(F)C(F)(F)F. The first-order valence-corrected chi connectivity index (χ1v) is 8.20. The van der Waals surface area contributed by atoms with Gasteiger partial charge in [-0.15, -0.1) is 0 Å². The highest BCUT2D eigenvalue weighted by Crippen LogP contribution is 2.40. The van der Waals surface area contributed by atoms with Gasteiger partial charge in [-0.1, -0.05) is 36.4 Å². The lowest BCUT2D eigenvalue weighted by Gasteiger charge is -2.21. The Morgan fingerprint density at radius 1 is 0.531 bits per heavy atom. The van der Waals surface area contributed by atoms with Crippen molar-refractivity contribution in [1.29, 1.82) is 0 Å². The van der Waals surface area contributed by atoms with Gasteiger partial charge in [0.25, 0.3) is 0 Å². The topological polar surface area (TPSA) is 58.2 Å². The second kappa shape index (κ2) is 8.31. The van der Waals surface area contributed by atoms with Crippen LogP contribution in [-0.2, 0) is 9.59 Å². The lowest BCUT2D eigenvalue weighted by molar-refractivity contribution is -0.267. The molecule has 4 nitrogen and oxygen atoms in total. The van der Waals surface area contributed by atoms with Crippen LogP contribution in [0.5, 0.6) is 0 Å². The van der Waals surface area contributed by atoms with Crippen molar-refractivity contribution in [3.8, 4) is 11.1 Å². The maximum Gasteiger partial charge on any atom is 0.463 e. The molecule has 0 aliphatic rings. The number of amides is 2. The van der Waals surface area contributed by atoms with Crippen molar-refractivity contribution in [2.24, 2.45) is 0 Å². The second-order valence-corrected chi connectivity index (χ2v) is 6.14. The van der Waals surface area contributed by atoms with Gasteiger partial charge in [0, 0.05) is 22.5 Å². The number of anilines is 2. The lowest BCUT2D eigenvalue weighted by Crippen LogP contribution is -2.47. The first kappa shape index (κ1) is 24.9. The number of alkyl halides is 10.